The van der Waals surface area contributed by atoms with E-state index < -0.39 is 0 Å². The summed E-state index contributed by atoms with van der Waals surface area (Å²) in [5, 5.41) is 11.5. The van der Waals surface area contributed by atoms with Gasteiger partial charge in [-0.1, -0.05) is 6.07 Å². The second kappa shape index (κ2) is 8.49. The molecule has 128 valence electrons. The summed E-state index contributed by atoms with van der Waals surface area (Å²) in [6.07, 6.45) is 4.77. The van der Waals surface area contributed by atoms with Gasteiger partial charge in [-0.2, -0.15) is 5.10 Å². The maximum Gasteiger partial charge on any atom is 0.141 e. The molecule has 0 bridgehead atoms. The smallest absolute Gasteiger partial charge is 0.141 e. The molecule has 3 rings (SSSR count). The van der Waals surface area contributed by atoms with Crippen LogP contribution in [0.25, 0.3) is 0 Å². The summed E-state index contributed by atoms with van der Waals surface area (Å²) in [7, 11) is 1.63. The van der Waals surface area contributed by atoms with Crippen molar-refractivity contribution in [1.82, 2.24) is 14.9 Å². The van der Waals surface area contributed by atoms with Crippen molar-refractivity contribution >= 4 is 6.21 Å². The summed E-state index contributed by atoms with van der Waals surface area (Å²) < 4.78 is 18.0. The minimum absolute atomic E-state index is 0.448. The third kappa shape index (κ3) is 5.07. The lowest BCUT2D eigenvalue weighted by molar-refractivity contribution is 0.216. The molecule has 0 atom stereocenters. The zero-order valence-corrected chi connectivity index (χ0v) is 13.8. The van der Waals surface area contributed by atoms with Crippen molar-refractivity contribution < 1.29 is 14.2 Å². The Morgan fingerprint density at radius 3 is 2.32 bits per heavy atom. The van der Waals surface area contributed by atoms with Gasteiger partial charge in [0.15, 0.2) is 0 Å². The van der Waals surface area contributed by atoms with Crippen LogP contribution in [0.3, 0.4) is 0 Å². The maximum absolute atomic E-state index is 5.66. The van der Waals surface area contributed by atoms with Crippen LogP contribution >= 0.6 is 0 Å². The number of aromatic nitrogens is 3. The molecular formula is C18H18N4O3. The van der Waals surface area contributed by atoms with Crippen molar-refractivity contribution in [2.75, 3.05) is 20.3 Å². The van der Waals surface area contributed by atoms with Crippen molar-refractivity contribution in [3.05, 3.63) is 66.7 Å². The van der Waals surface area contributed by atoms with Gasteiger partial charge in [0.1, 0.15) is 43.1 Å². The Morgan fingerprint density at radius 1 is 0.920 bits per heavy atom. The van der Waals surface area contributed by atoms with Gasteiger partial charge < -0.3 is 14.2 Å². The number of nitrogens with zero attached hydrogens (tertiary/aromatic N) is 4. The standard InChI is InChI=1S/C18H18N4O3/c1-23-17-3-2-4-18(11-17)25-10-9-24-16-7-5-15(6-8-16)12-21-22-13-19-20-14-22/h2-8,11-14H,9-10H2,1H3/b21-12+. The Bertz CT molecular complexity index is 801. The summed E-state index contributed by atoms with van der Waals surface area (Å²) in [4.78, 5) is 0. The molecule has 2 aromatic carbocycles. The number of hydrogen-bond acceptors (Lipinski definition) is 6. The molecule has 7 nitrogen and oxygen atoms in total. The number of ether oxygens (including phenoxy) is 3. The minimum Gasteiger partial charge on any atom is -0.497 e. The largest absolute Gasteiger partial charge is 0.497 e. The monoisotopic (exact) mass is 338 g/mol. The molecule has 7 heteroatoms. The molecular weight excluding hydrogens is 320 g/mol. The van der Waals surface area contributed by atoms with E-state index in [9.17, 15) is 0 Å². The number of hydrogen-bond donors (Lipinski definition) is 0. The van der Waals surface area contributed by atoms with Gasteiger partial charge in [-0.15, -0.1) is 10.2 Å². The molecule has 0 N–H and O–H groups in total. The van der Waals surface area contributed by atoms with Gasteiger partial charge in [-0.05, 0) is 42.0 Å². The van der Waals surface area contributed by atoms with E-state index in [-0.39, 0.29) is 0 Å². The van der Waals surface area contributed by atoms with Crippen LogP contribution < -0.4 is 14.2 Å². The van der Waals surface area contributed by atoms with Gasteiger partial charge in [0.2, 0.25) is 0 Å². The summed E-state index contributed by atoms with van der Waals surface area (Å²) in [6, 6.07) is 15.1. The summed E-state index contributed by atoms with van der Waals surface area (Å²) in [5.74, 6) is 2.29. The number of methoxy groups -OCH3 is 1. The Kier molecular flexibility index (Phi) is 5.60. The van der Waals surface area contributed by atoms with Gasteiger partial charge in [0.05, 0.1) is 13.3 Å². The van der Waals surface area contributed by atoms with Crippen LogP contribution in [-0.2, 0) is 0 Å². The zero-order valence-electron chi connectivity index (χ0n) is 13.8. The average molecular weight is 338 g/mol. The van der Waals surface area contributed by atoms with Crippen molar-refractivity contribution in [2.45, 2.75) is 0 Å². The fourth-order valence-corrected chi connectivity index (χ4v) is 2.05. The highest BCUT2D eigenvalue weighted by molar-refractivity contribution is 5.79. The minimum atomic E-state index is 0.448. The van der Waals surface area contributed by atoms with Gasteiger partial charge in [-0.3, -0.25) is 0 Å². The fourth-order valence-electron chi connectivity index (χ4n) is 2.05. The summed E-state index contributed by atoms with van der Waals surface area (Å²) in [6.45, 7) is 0.898. The first-order valence-corrected chi connectivity index (χ1v) is 7.72. The Balaban J connectivity index is 1.44. The molecule has 0 fully saturated rings. The van der Waals surface area contributed by atoms with Crippen LogP contribution in [-0.4, -0.2) is 41.4 Å². The molecule has 0 aliphatic rings. The molecule has 0 radical (unpaired) electrons. The average Bonchev–Trinajstić information content (AvgIpc) is 3.18. The van der Waals surface area contributed by atoms with Crippen molar-refractivity contribution in [2.24, 2.45) is 5.10 Å². The van der Waals surface area contributed by atoms with E-state index >= 15 is 0 Å². The lowest BCUT2D eigenvalue weighted by Gasteiger charge is -2.09. The molecule has 3 aromatic rings. The van der Waals surface area contributed by atoms with E-state index in [0.29, 0.717) is 13.2 Å². The molecule has 0 spiro atoms. The molecule has 0 aliphatic heterocycles. The van der Waals surface area contributed by atoms with Crippen LogP contribution in [0, 0.1) is 0 Å². The zero-order chi connectivity index (χ0) is 17.3. The molecule has 0 saturated heterocycles. The maximum atomic E-state index is 5.66. The van der Waals surface area contributed by atoms with Crippen molar-refractivity contribution in [3.8, 4) is 17.2 Å². The van der Waals surface area contributed by atoms with Crippen molar-refractivity contribution in [3.63, 3.8) is 0 Å². The third-order valence-corrected chi connectivity index (χ3v) is 3.29. The third-order valence-electron chi connectivity index (χ3n) is 3.29. The van der Waals surface area contributed by atoms with Crippen LogP contribution in [0.4, 0.5) is 0 Å². The number of benzene rings is 2. The van der Waals surface area contributed by atoms with Gasteiger partial charge in [0.25, 0.3) is 0 Å². The second-order valence-electron chi connectivity index (χ2n) is 5.03. The van der Waals surface area contributed by atoms with Gasteiger partial charge in [-0.25, -0.2) is 4.68 Å². The fraction of sp³-hybridized carbons (Fsp3) is 0.167. The van der Waals surface area contributed by atoms with E-state index in [1.807, 2.05) is 48.5 Å². The quantitative estimate of drug-likeness (QED) is 0.466. The first-order chi connectivity index (χ1) is 12.3. The predicted molar refractivity (Wildman–Crippen MR) is 93.4 cm³/mol. The molecule has 0 amide bonds. The Hall–Kier alpha value is -3.35. The summed E-state index contributed by atoms with van der Waals surface area (Å²) in [5.41, 5.74) is 0.952. The highest BCUT2D eigenvalue weighted by Crippen LogP contribution is 2.18. The highest BCUT2D eigenvalue weighted by Gasteiger charge is 1.98. The molecule has 1 aromatic heterocycles. The van der Waals surface area contributed by atoms with E-state index in [0.717, 1.165) is 22.8 Å². The van der Waals surface area contributed by atoms with Crippen LogP contribution in [0.5, 0.6) is 17.2 Å². The van der Waals surface area contributed by atoms with Crippen molar-refractivity contribution in [1.29, 1.82) is 0 Å². The molecule has 0 aliphatic carbocycles. The second-order valence-corrected chi connectivity index (χ2v) is 5.03. The molecule has 0 unspecified atom stereocenters. The first-order valence-electron chi connectivity index (χ1n) is 7.72. The van der Waals surface area contributed by atoms with Crippen LogP contribution in [0.1, 0.15) is 5.56 Å². The lowest BCUT2D eigenvalue weighted by atomic mass is 10.2. The van der Waals surface area contributed by atoms with E-state index in [1.54, 1.807) is 13.3 Å². The van der Waals surface area contributed by atoms with Gasteiger partial charge >= 0.3 is 0 Å². The molecule has 0 saturated carbocycles. The van der Waals surface area contributed by atoms with E-state index in [4.69, 9.17) is 14.2 Å². The highest BCUT2D eigenvalue weighted by atomic mass is 16.5. The van der Waals surface area contributed by atoms with Gasteiger partial charge in [0, 0.05) is 6.07 Å². The normalized spacial score (nSPS) is 10.8. The number of rotatable bonds is 8. The molecule has 1 heterocycles. The first kappa shape index (κ1) is 16.5. The lowest BCUT2D eigenvalue weighted by Crippen LogP contribution is -2.09. The van der Waals surface area contributed by atoms with E-state index in [1.165, 1.54) is 17.3 Å². The van der Waals surface area contributed by atoms with Crippen LogP contribution in [0.15, 0.2) is 66.3 Å². The SMILES string of the molecule is COc1cccc(OCCOc2ccc(/C=N/n3cnnc3)cc2)c1. The molecule has 25 heavy (non-hydrogen) atoms. The summed E-state index contributed by atoms with van der Waals surface area (Å²) >= 11 is 0. The van der Waals surface area contributed by atoms with Crippen LogP contribution in [0.2, 0.25) is 0 Å². The Morgan fingerprint density at radius 2 is 1.60 bits per heavy atom. The predicted octanol–water partition coefficient (Wildman–Crippen LogP) is 2.63. The van der Waals surface area contributed by atoms with E-state index in [2.05, 4.69) is 15.3 Å². The topological polar surface area (TPSA) is 70.8 Å². The Labute approximate surface area is 145 Å².